The lowest BCUT2D eigenvalue weighted by Crippen LogP contribution is -2.53. The number of aromatic nitrogens is 3. The summed E-state index contributed by atoms with van der Waals surface area (Å²) in [6.07, 6.45) is 10.6. The number of hydrogen-bond acceptors (Lipinski definition) is 5. The number of aryl methyl sites for hydroxylation is 1. The zero-order chi connectivity index (χ0) is 23.8. The molecule has 4 rings (SSSR count). The molecule has 1 aliphatic heterocycles. The lowest BCUT2D eigenvalue weighted by atomic mass is 9.83. The number of pyridine rings is 1. The molecule has 0 bridgehead atoms. The predicted molar refractivity (Wildman–Crippen MR) is 129 cm³/mol. The summed E-state index contributed by atoms with van der Waals surface area (Å²) in [7, 11) is 1.89. The maximum absolute atomic E-state index is 13.0. The summed E-state index contributed by atoms with van der Waals surface area (Å²) in [6, 6.07) is 4.88. The van der Waals surface area contributed by atoms with Crippen LogP contribution in [-0.2, 0) is 23.2 Å². The first-order valence-corrected chi connectivity index (χ1v) is 12.3. The molecule has 2 unspecified atom stereocenters. The standard InChI is InChI=1S/C23H32N6O2.C2H6/c1-28-19(11-12-27-28)17-9-10-18(25-14-17)15-26-22(30)20-8-5-13-29(20)23(31)21(24)16-6-3-2-4-7-16;1-2/h9-12,14,16,20-21H,2-8,13,15,24H2,1H3,(H,26,30);1-2H3. The van der Waals surface area contributed by atoms with Crippen molar-refractivity contribution in [2.75, 3.05) is 6.54 Å². The van der Waals surface area contributed by atoms with Crippen LogP contribution in [0.15, 0.2) is 30.6 Å². The summed E-state index contributed by atoms with van der Waals surface area (Å²) in [6.45, 7) is 4.94. The summed E-state index contributed by atoms with van der Waals surface area (Å²) >= 11 is 0. The minimum atomic E-state index is -0.491. The van der Waals surface area contributed by atoms with Gasteiger partial charge in [-0.2, -0.15) is 5.10 Å². The zero-order valence-corrected chi connectivity index (χ0v) is 20.2. The number of nitrogens with zero attached hydrogens (tertiary/aromatic N) is 4. The van der Waals surface area contributed by atoms with Gasteiger partial charge in [0.05, 0.1) is 24.0 Å². The molecule has 1 aliphatic carbocycles. The molecular weight excluding hydrogens is 416 g/mol. The fraction of sp³-hybridized carbons (Fsp3) is 0.600. The van der Waals surface area contributed by atoms with E-state index in [1.807, 2.05) is 39.1 Å². The zero-order valence-electron chi connectivity index (χ0n) is 20.2. The molecule has 8 nitrogen and oxygen atoms in total. The molecule has 1 saturated heterocycles. The second kappa shape index (κ2) is 11.9. The lowest BCUT2D eigenvalue weighted by molar-refractivity contribution is -0.140. The van der Waals surface area contributed by atoms with Gasteiger partial charge in [-0.05, 0) is 49.8 Å². The summed E-state index contributed by atoms with van der Waals surface area (Å²) in [4.78, 5) is 32.0. The Balaban J connectivity index is 0.00000149. The highest BCUT2D eigenvalue weighted by Gasteiger charge is 2.38. The number of carbonyl (C=O) groups is 2. The van der Waals surface area contributed by atoms with E-state index >= 15 is 0 Å². The maximum Gasteiger partial charge on any atom is 0.243 e. The molecule has 33 heavy (non-hydrogen) atoms. The second-order valence-electron chi connectivity index (χ2n) is 8.71. The van der Waals surface area contributed by atoms with Crippen molar-refractivity contribution < 1.29 is 9.59 Å². The van der Waals surface area contributed by atoms with E-state index in [4.69, 9.17) is 5.73 Å². The molecule has 0 spiro atoms. The Bertz CT molecular complexity index is 904. The number of nitrogens with one attached hydrogen (secondary N) is 1. The third-order valence-corrected chi connectivity index (χ3v) is 6.67. The lowest BCUT2D eigenvalue weighted by Gasteiger charge is -2.32. The minimum Gasteiger partial charge on any atom is -0.349 e. The first kappa shape index (κ1) is 24.9. The molecule has 2 atom stereocenters. The fourth-order valence-corrected chi connectivity index (χ4v) is 4.82. The molecule has 2 aromatic heterocycles. The molecule has 0 aromatic carbocycles. The van der Waals surface area contributed by atoms with Gasteiger partial charge in [0.15, 0.2) is 0 Å². The van der Waals surface area contributed by atoms with Gasteiger partial charge in [0.1, 0.15) is 6.04 Å². The molecule has 1 saturated carbocycles. The Morgan fingerprint density at radius 2 is 1.88 bits per heavy atom. The highest BCUT2D eigenvalue weighted by atomic mass is 16.2. The Hall–Kier alpha value is -2.74. The van der Waals surface area contributed by atoms with E-state index in [9.17, 15) is 9.59 Å². The van der Waals surface area contributed by atoms with Crippen molar-refractivity contribution in [2.45, 2.75) is 77.4 Å². The van der Waals surface area contributed by atoms with E-state index in [1.54, 1.807) is 22.0 Å². The molecular formula is C25H38N6O2. The van der Waals surface area contributed by atoms with E-state index in [0.29, 0.717) is 19.5 Å². The Morgan fingerprint density at radius 1 is 1.12 bits per heavy atom. The topological polar surface area (TPSA) is 106 Å². The summed E-state index contributed by atoms with van der Waals surface area (Å²) in [5.74, 6) is 0.0510. The largest absolute Gasteiger partial charge is 0.349 e. The van der Waals surface area contributed by atoms with Gasteiger partial charge in [-0.15, -0.1) is 0 Å². The van der Waals surface area contributed by atoms with Gasteiger partial charge in [0.2, 0.25) is 11.8 Å². The normalized spacial score (nSPS) is 19.5. The average Bonchev–Trinajstić information content (AvgIpc) is 3.53. The fourth-order valence-electron chi connectivity index (χ4n) is 4.82. The van der Waals surface area contributed by atoms with E-state index in [1.165, 1.54) is 6.42 Å². The highest BCUT2D eigenvalue weighted by molar-refractivity contribution is 5.90. The Morgan fingerprint density at radius 3 is 2.52 bits per heavy atom. The van der Waals surface area contributed by atoms with Crippen LogP contribution in [0.5, 0.6) is 0 Å². The van der Waals surface area contributed by atoms with Gasteiger partial charge in [-0.1, -0.05) is 33.1 Å². The molecule has 2 amide bonds. The monoisotopic (exact) mass is 454 g/mol. The number of hydrogen-bond donors (Lipinski definition) is 2. The van der Waals surface area contributed by atoms with Crippen molar-refractivity contribution in [2.24, 2.45) is 18.7 Å². The number of likely N-dealkylation sites (tertiary alicyclic amines) is 1. The van der Waals surface area contributed by atoms with Crippen molar-refractivity contribution in [3.63, 3.8) is 0 Å². The van der Waals surface area contributed by atoms with Crippen LogP contribution >= 0.6 is 0 Å². The van der Waals surface area contributed by atoms with Crippen molar-refractivity contribution in [3.05, 3.63) is 36.3 Å². The van der Waals surface area contributed by atoms with Crippen LogP contribution in [0.2, 0.25) is 0 Å². The molecule has 0 radical (unpaired) electrons. The van der Waals surface area contributed by atoms with Crippen LogP contribution in [-0.4, -0.2) is 50.1 Å². The molecule has 2 aromatic rings. The molecule has 2 fully saturated rings. The number of carbonyl (C=O) groups excluding carboxylic acids is 2. The maximum atomic E-state index is 13.0. The third kappa shape index (κ3) is 5.99. The summed E-state index contributed by atoms with van der Waals surface area (Å²) < 4.78 is 1.79. The van der Waals surface area contributed by atoms with Crippen LogP contribution in [0.4, 0.5) is 0 Å². The third-order valence-electron chi connectivity index (χ3n) is 6.67. The number of nitrogens with two attached hydrogens (primary N) is 1. The van der Waals surface area contributed by atoms with Crippen LogP contribution in [0.1, 0.15) is 64.5 Å². The van der Waals surface area contributed by atoms with Gasteiger partial charge < -0.3 is 16.0 Å². The van der Waals surface area contributed by atoms with Crippen LogP contribution in [0.3, 0.4) is 0 Å². The van der Waals surface area contributed by atoms with Gasteiger partial charge in [0, 0.05) is 31.5 Å². The predicted octanol–water partition coefficient (Wildman–Crippen LogP) is 3.02. The van der Waals surface area contributed by atoms with E-state index < -0.39 is 12.1 Å². The molecule has 8 heteroatoms. The van der Waals surface area contributed by atoms with Crippen molar-refractivity contribution in [3.8, 4) is 11.3 Å². The number of rotatable bonds is 6. The average molecular weight is 455 g/mol. The highest BCUT2D eigenvalue weighted by Crippen LogP contribution is 2.28. The van der Waals surface area contributed by atoms with Crippen LogP contribution < -0.4 is 11.1 Å². The first-order valence-electron chi connectivity index (χ1n) is 12.3. The second-order valence-corrected chi connectivity index (χ2v) is 8.71. The van der Waals surface area contributed by atoms with Crippen molar-refractivity contribution in [1.82, 2.24) is 25.0 Å². The van der Waals surface area contributed by atoms with E-state index in [0.717, 1.165) is 49.1 Å². The first-order chi connectivity index (χ1) is 16.0. The van der Waals surface area contributed by atoms with E-state index in [2.05, 4.69) is 15.4 Å². The van der Waals surface area contributed by atoms with Crippen LogP contribution in [0.25, 0.3) is 11.3 Å². The number of amides is 2. The van der Waals surface area contributed by atoms with Gasteiger partial charge >= 0.3 is 0 Å². The van der Waals surface area contributed by atoms with Gasteiger partial charge in [-0.3, -0.25) is 19.3 Å². The van der Waals surface area contributed by atoms with Gasteiger partial charge in [-0.25, -0.2) is 0 Å². The smallest absolute Gasteiger partial charge is 0.243 e. The van der Waals surface area contributed by atoms with E-state index in [-0.39, 0.29) is 17.7 Å². The quantitative estimate of drug-likeness (QED) is 0.698. The summed E-state index contributed by atoms with van der Waals surface area (Å²) in [5.41, 5.74) is 9.05. The van der Waals surface area contributed by atoms with Crippen LogP contribution in [0, 0.1) is 5.92 Å². The SMILES string of the molecule is CC.Cn1nccc1-c1ccc(CNC(=O)C2CCCN2C(=O)C(N)C2CCCCC2)nc1. The summed E-state index contributed by atoms with van der Waals surface area (Å²) in [5, 5.41) is 7.13. The Kier molecular flexibility index (Phi) is 9.00. The molecule has 3 N–H and O–H groups in total. The molecule has 3 heterocycles. The van der Waals surface area contributed by atoms with Gasteiger partial charge in [0.25, 0.3) is 0 Å². The Labute approximate surface area is 196 Å². The van der Waals surface area contributed by atoms with Crippen molar-refractivity contribution in [1.29, 1.82) is 0 Å². The molecule has 2 aliphatic rings. The molecule has 180 valence electrons. The van der Waals surface area contributed by atoms with Crippen molar-refractivity contribution >= 4 is 11.8 Å². The minimum absolute atomic E-state index is 0.0665.